The van der Waals surface area contributed by atoms with Crippen molar-refractivity contribution in [3.63, 3.8) is 0 Å². The maximum absolute atomic E-state index is 12.7. The maximum Gasteiger partial charge on any atom is 0.470 e. The number of fused-ring (bicyclic) bond motifs is 2. The highest BCUT2D eigenvalue weighted by Gasteiger charge is 2.51. The molecule has 0 radical (unpaired) electrons. The number of aliphatic hydroxyl groups is 4. The zero-order valence-corrected chi connectivity index (χ0v) is 88.6. The molecule has 0 spiro atoms. The van der Waals surface area contributed by atoms with Crippen molar-refractivity contribution in [3.8, 4) is 0 Å². The smallest absolute Gasteiger partial charge is 0.394 e. The van der Waals surface area contributed by atoms with Crippen molar-refractivity contribution < 1.29 is 157 Å². The summed E-state index contributed by atoms with van der Waals surface area (Å²) in [5.41, 5.74) is 10.9. The Labute approximate surface area is 857 Å². The van der Waals surface area contributed by atoms with Crippen LogP contribution in [0.25, 0.3) is 0 Å². The molecule has 141 heavy (non-hydrogen) atoms. The van der Waals surface area contributed by atoms with E-state index in [1.54, 1.807) is 21.6 Å². The molecule has 6 aliphatic rings. The lowest BCUT2D eigenvalue weighted by molar-refractivity contribution is -0.123. The average Bonchev–Trinajstić information content (AvgIpc) is 1.63. The monoisotopic (exact) mass is 2280 g/mol. The second-order valence-electron chi connectivity index (χ2n) is 31.5. The van der Waals surface area contributed by atoms with Crippen LogP contribution in [0.2, 0.25) is 0 Å². The van der Waals surface area contributed by atoms with Crippen LogP contribution in [-0.2, 0) is 121 Å². The number of nitrogens with zero attached hydrogens (tertiary/aromatic N) is 4. The Morgan fingerprint density at radius 3 is 1.18 bits per heavy atom. The van der Waals surface area contributed by atoms with Crippen LogP contribution in [0.4, 0.5) is 21.2 Å². The summed E-state index contributed by atoms with van der Waals surface area (Å²) in [5, 5.41) is 70.1. The van der Waals surface area contributed by atoms with Crippen molar-refractivity contribution >= 4 is 199 Å². The third-order valence-corrected chi connectivity index (χ3v) is 33.3. The molecule has 51 nitrogen and oxygen atoms in total. The van der Waals surface area contributed by atoms with Gasteiger partial charge in [-0.2, -0.15) is 33.5 Å². The first-order chi connectivity index (χ1) is 67.2. The predicted molar refractivity (Wildman–Crippen MR) is 531 cm³/mol. The van der Waals surface area contributed by atoms with E-state index in [-0.39, 0.29) is 129 Å². The molecule has 14 atom stereocenters. The number of amides is 10. The Hall–Kier alpha value is -3.94. The van der Waals surface area contributed by atoms with Gasteiger partial charge in [-0.05, 0) is 96.3 Å². The number of nitrogen functional groups attached to an aromatic ring is 2. The second-order valence-corrected chi connectivity index (χ2v) is 50.5. The number of hydrogen-bond acceptors (Lipinski definition) is 41. The molecule has 2 unspecified atom stereocenters. The molecule has 2 aromatic heterocycles. The summed E-state index contributed by atoms with van der Waals surface area (Å²) in [6.45, 7) is 7.00. The number of aryl methyl sites for hydroxylation is 2. The highest BCUT2D eigenvalue weighted by molar-refractivity contribution is 8.77. The summed E-state index contributed by atoms with van der Waals surface area (Å²) in [6, 6.07) is 0.676. The van der Waals surface area contributed by atoms with Crippen LogP contribution in [0.1, 0.15) is 113 Å². The van der Waals surface area contributed by atoms with Gasteiger partial charge in [0.05, 0.1) is 143 Å². The quantitative estimate of drug-likeness (QED) is 0.0194. The van der Waals surface area contributed by atoms with Gasteiger partial charge in [0.25, 0.3) is 0 Å². The molecule has 6 fully saturated rings. The number of nitrogens with one attached hydrogen (secondary N) is 10. The van der Waals surface area contributed by atoms with E-state index in [1.165, 1.54) is 34.0 Å². The Kier molecular flexibility index (Phi) is 61.9. The van der Waals surface area contributed by atoms with E-state index < -0.39 is 101 Å². The van der Waals surface area contributed by atoms with Gasteiger partial charge in [0, 0.05) is 146 Å². The first-order valence-electron chi connectivity index (χ1n) is 45.1. The number of unbranched alkanes of at least 4 members (excludes halogenated alkanes) is 2. The Morgan fingerprint density at radius 1 is 0.447 bits per heavy atom. The lowest BCUT2D eigenvalue weighted by Gasteiger charge is -2.21. The van der Waals surface area contributed by atoms with Crippen molar-refractivity contribution in [1.82, 2.24) is 72.3 Å². The van der Waals surface area contributed by atoms with Crippen LogP contribution in [0.5, 0.6) is 0 Å². The number of aliphatic hydroxyl groups excluding tert-OH is 4. The van der Waals surface area contributed by atoms with Gasteiger partial charge in [0.1, 0.15) is 48.3 Å². The third kappa shape index (κ3) is 53.9. The van der Waals surface area contributed by atoms with Crippen molar-refractivity contribution in [1.29, 1.82) is 0 Å². The van der Waals surface area contributed by atoms with Gasteiger partial charge in [-0.25, -0.2) is 32.6 Å². The number of hydrogen-bond donors (Lipinski definition) is 20. The van der Waals surface area contributed by atoms with E-state index >= 15 is 0 Å². The molecule has 0 aromatic carbocycles. The highest BCUT2D eigenvalue weighted by atomic mass is 35.9. The van der Waals surface area contributed by atoms with Crippen LogP contribution in [0, 0.1) is 0 Å². The number of urea groups is 2. The predicted octanol–water partition coefficient (Wildman–Crippen LogP) is 1.75. The number of nitrogens with two attached hydrogens (primary N) is 2. The highest BCUT2D eigenvalue weighted by Crippen LogP contribution is 2.74. The lowest BCUT2D eigenvalue weighted by Crippen LogP contribution is -2.38. The molecule has 6 saturated heterocycles. The fraction of sp³-hybridized carbons (Fsp3) is 0.789. The number of carbonyl (C=O) groups is 8. The van der Waals surface area contributed by atoms with E-state index in [0.717, 1.165) is 59.2 Å². The van der Waals surface area contributed by atoms with Crippen LogP contribution in [0.15, 0.2) is 22.0 Å². The van der Waals surface area contributed by atoms with Gasteiger partial charge < -0.3 is 152 Å². The molecule has 6 aliphatic heterocycles. The molecule has 0 bridgehead atoms. The van der Waals surface area contributed by atoms with Crippen LogP contribution in [0.3, 0.4) is 0 Å². The van der Waals surface area contributed by atoms with E-state index in [2.05, 4.69) is 76.5 Å². The topological polar surface area (TPSA) is 729 Å². The van der Waals surface area contributed by atoms with Gasteiger partial charge in [-0.15, -0.1) is 0 Å². The van der Waals surface area contributed by atoms with E-state index in [9.17, 15) is 96.4 Å². The first-order valence-corrected chi connectivity index (χ1v) is 62.1. The molecule has 10 amide bonds. The summed E-state index contributed by atoms with van der Waals surface area (Å²) in [6.07, 6.45) is -8.28. The van der Waals surface area contributed by atoms with E-state index in [4.69, 9.17) is 114 Å². The second kappa shape index (κ2) is 69.4. The van der Waals surface area contributed by atoms with E-state index in [1.807, 2.05) is 23.5 Å². The summed E-state index contributed by atoms with van der Waals surface area (Å²) in [4.78, 5) is 165. The molecule has 22 N–H and O–H groups in total. The zero-order valence-electron chi connectivity index (χ0n) is 77.1. The van der Waals surface area contributed by atoms with Gasteiger partial charge in [0.2, 0.25) is 35.4 Å². The number of phosphoric acid groups is 2. The van der Waals surface area contributed by atoms with Crippen molar-refractivity contribution in [2.45, 2.75) is 186 Å². The largest absolute Gasteiger partial charge is 0.470 e. The van der Waals surface area contributed by atoms with Gasteiger partial charge >= 0.3 is 51.2 Å². The molecule has 808 valence electrons. The maximum atomic E-state index is 12.7. The molecule has 0 saturated carbocycles. The van der Waals surface area contributed by atoms with Gasteiger partial charge in [0.15, 0.2) is 12.5 Å². The number of anilines is 2. The Morgan fingerprint density at radius 2 is 0.801 bits per heavy atom. The Bertz CT molecular complexity index is 4430. The fourth-order valence-corrected chi connectivity index (χ4v) is 26.9. The minimum absolute atomic E-state index is 0.00393. The van der Waals surface area contributed by atoms with Crippen LogP contribution in [-0.4, -0.2) is 371 Å². The third-order valence-electron chi connectivity index (χ3n) is 20.7. The standard InChI is InChI=1S/C38H66N8O19P2S3.C38H64N8O13S3.Cl4O3P2/c39-35-25(22-46(38(52)45-35)36-33(50)34(65-67(56,57)58)27(64-36)23-63-66(53,54)55)4-3-9-40-31(49)8-20-69-70-21-11-42-30(48)7-12-59-14-16-61-18-19-62-17-15-60-13-10-41-29(47)6-2-1-5-28-32-26(24-68-28)43-37(51)44-32;39-35-25(22-46(38(54)45-35)36-34(52)33(51)27(23-47)59-36)4-3-9-40-31(50)8-20-61-62-21-11-42-30(49)7-12-55-14-16-57-18-19-58-17-15-56-13-10-41-29(48)6-2-1-5-28-32-26(24-60-28)43-37(53)44-32;1-8(2,5)7-9(3,4)6/h22,26-28,32-34,36,50H,1-21,23-24H2,(H,40,49)(H,41,47)(H,42,48)(H2,39,45,52)(H2,43,44,51)(H2,53,54,55)(H2,56,57,58);22,26-28,32-34,36,47,51-52H,1-21,23-24H2,(H,40,50)(H,41,48)(H,42,49)(H2,39,45,54)(H2,43,44,53);/t26-,27+,28-,32-,33?,34-,36+;26-,27+,28-,32-,33-,34?,36+;/m00./s1. The van der Waals surface area contributed by atoms with E-state index in [0.29, 0.717) is 208 Å². The van der Waals surface area contributed by atoms with Gasteiger partial charge in [-0.3, -0.25) is 56.1 Å². The number of phosphoric ester groups is 2. The van der Waals surface area contributed by atoms with Crippen molar-refractivity contribution in [2.75, 3.05) is 204 Å². The zero-order chi connectivity index (χ0) is 103. The number of carbonyl (C=O) groups excluding carboxylic acids is 8. The Balaban J connectivity index is 0.000000399. The summed E-state index contributed by atoms with van der Waals surface area (Å²) < 4.78 is 112. The first kappa shape index (κ1) is 126. The van der Waals surface area contributed by atoms with Crippen LogP contribution < -0.4 is 76.0 Å². The number of rotatable bonds is 72. The molecular formula is C76H130Cl4N16O35P4S6. The molecular weight excluding hydrogens is 2160 g/mol. The van der Waals surface area contributed by atoms with Crippen molar-refractivity contribution in [3.05, 3.63) is 44.5 Å². The summed E-state index contributed by atoms with van der Waals surface area (Å²) in [5.74, 6) is 3.65. The summed E-state index contributed by atoms with van der Waals surface area (Å²) in [7, 11) is -4.20. The number of halogens is 4. The van der Waals surface area contributed by atoms with Gasteiger partial charge in [-0.1, -0.05) is 56.0 Å². The van der Waals surface area contributed by atoms with Crippen molar-refractivity contribution in [2.24, 2.45) is 0 Å². The molecule has 2 aromatic rings. The number of thioether (sulfide) groups is 2. The molecule has 8 rings (SSSR count). The molecule has 8 heterocycles. The minimum atomic E-state index is -5.24. The lowest BCUT2D eigenvalue weighted by atomic mass is 10.0. The minimum Gasteiger partial charge on any atom is -0.394 e. The molecule has 65 heteroatoms. The normalized spacial score (nSPS) is 21.9. The van der Waals surface area contributed by atoms with Crippen LogP contribution >= 0.6 is 139 Å². The number of aromatic nitrogens is 4. The molecule has 0 aliphatic carbocycles. The SMILES string of the molecule is Nc1nc(=O)n([C@@H]2O[C@H](CO)[C@H](O)C2O)cc1CCCNC(=O)CCSSCCNC(=O)CCOCCOCCOCCOCCNC(=O)CCCC[C@@H]1SC[C@@H]2NC(=O)N[C@@H]21.Nc1nc(=O)n([C@@H]2O[C@H](COP(=O)(O)O)[C@H](OP(=O)(O)O)C2O)cc1CCCNC(=O)CCSSCCNC(=O)CCOCCOCCOCCOCCNC(=O)CCCC[C@@H]1SC[C@@H]2NC(=O)N[C@@H]21.O=P(Cl)(Cl)OP(=O)(Cl)Cl. The summed E-state index contributed by atoms with van der Waals surface area (Å²) >= 11 is 22.9. The average molecular weight is 2290 g/mol. The number of ether oxygens (including phenoxy) is 10. The fourth-order valence-electron chi connectivity index (χ4n) is 14.0.